The minimum atomic E-state index is 0.417. The molecule has 2 aromatic rings. The lowest BCUT2D eigenvalue weighted by atomic mass is 9.97. The van der Waals surface area contributed by atoms with E-state index in [1.165, 1.54) is 31.4 Å². The van der Waals surface area contributed by atoms with Crippen LogP contribution in [0.4, 0.5) is 0 Å². The van der Waals surface area contributed by atoms with Gasteiger partial charge in [0, 0.05) is 30.6 Å². The first-order valence-electron chi connectivity index (χ1n) is 8.76. The number of hydrogen-bond donors (Lipinski definition) is 0. The highest BCUT2D eigenvalue weighted by atomic mass is 16.5. The Labute approximate surface area is 136 Å². The number of piperidine rings is 1. The zero-order chi connectivity index (χ0) is 15.8. The van der Waals surface area contributed by atoms with Gasteiger partial charge in [0.25, 0.3) is 0 Å². The lowest BCUT2D eigenvalue weighted by Gasteiger charge is -2.31. The predicted octanol–water partition coefficient (Wildman–Crippen LogP) is 2.64. The molecule has 0 spiro atoms. The van der Waals surface area contributed by atoms with Crippen LogP contribution in [0.1, 0.15) is 60.6 Å². The highest BCUT2D eigenvalue weighted by Gasteiger charge is 2.32. The second kappa shape index (κ2) is 6.07. The van der Waals surface area contributed by atoms with Gasteiger partial charge in [0.05, 0.1) is 12.2 Å². The van der Waals surface area contributed by atoms with Gasteiger partial charge in [0.2, 0.25) is 5.89 Å². The zero-order valence-corrected chi connectivity index (χ0v) is 14.0. The van der Waals surface area contributed by atoms with Crippen LogP contribution < -0.4 is 0 Å². The summed E-state index contributed by atoms with van der Waals surface area (Å²) in [6, 6.07) is 2.14. The number of hydrogen-bond acceptors (Lipinski definition) is 5. The summed E-state index contributed by atoms with van der Waals surface area (Å²) < 4.78 is 7.54. The predicted molar refractivity (Wildman–Crippen MR) is 86.4 cm³/mol. The van der Waals surface area contributed by atoms with Crippen LogP contribution in [0.25, 0.3) is 0 Å². The van der Waals surface area contributed by atoms with Crippen molar-refractivity contribution in [1.82, 2.24) is 24.8 Å². The van der Waals surface area contributed by atoms with E-state index in [4.69, 9.17) is 4.52 Å². The van der Waals surface area contributed by atoms with E-state index >= 15 is 0 Å². The van der Waals surface area contributed by atoms with Gasteiger partial charge in [-0.3, -0.25) is 4.68 Å². The quantitative estimate of drug-likeness (QED) is 0.849. The summed E-state index contributed by atoms with van der Waals surface area (Å²) in [7, 11) is 0. The fraction of sp³-hybridized carbons (Fsp3) is 0.706. The normalized spacial score (nSPS) is 22.6. The maximum Gasteiger partial charge on any atom is 0.229 e. The third kappa shape index (κ3) is 3.32. The van der Waals surface area contributed by atoms with Crippen molar-refractivity contribution >= 4 is 0 Å². The smallest absolute Gasteiger partial charge is 0.229 e. The largest absolute Gasteiger partial charge is 0.339 e. The third-order valence-electron chi connectivity index (χ3n) is 4.99. The van der Waals surface area contributed by atoms with Crippen LogP contribution in [0.15, 0.2) is 10.6 Å². The van der Waals surface area contributed by atoms with Gasteiger partial charge in [0.15, 0.2) is 5.82 Å². The van der Waals surface area contributed by atoms with Gasteiger partial charge >= 0.3 is 0 Å². The highest BCUT2D eigenvalue weighted by Crippen LogP contribution is 2.39. The highest BCUT2D eigenvalue weighted by molar-refractivity contribution is 5.07. The van der Waals surface area contributed by atoms with E-state index in [1.807, 2.05) is 6.92 Å². The molecule has 23 heavy (non-hydrogen) atoms. The molecular weight excluding hydrogens is 290 g/mol. The van der Waals surface area contributed by atoms with E-state index in [1.54, 1.807) is 0 Å². The van der Waals surface area contributed by atoms with Crippen LogP contribution >= 0.6 is 0 Å². The van der Waals surface area contributed by atoms with Crippen LogP contribution in [-0.2, 0) is 6.54 Å². The van der Waals surface area contributed by atoms with Crippen molar-refractivity contribution in [1.29, 1.82) is 0 Å². The molecule has 0 radical (unpaired) electrons. The summed E-state index contributed by atoms with van der Waals surface area (Å²) in [5.74, 6) is 2.74. The van der Waals surface area contributed by atoms with Crippen molar-refractivity contribution in [3.63, 3.8) is 0 Å². The SMILES string of the molecule is Cc1cc(C)n(CCN2CCCC(c3noc(C4CC4)n3)C2)n1. The van der Waals surface area contributed by atoms with E-state index in [0.717, 1.165) is 43.6 Å². The Morgan fingerprint density at radius 2 is 2.04 bits per heavy atom. The zero-order valence-electron chi connectivity index (χ0n) is 14.0. The molecule has 2 aliphatic rings. The molecule has 6 nitrogen and oxygen atoms in total. The Balaban J connectivity index is 1.35. The summed E-state index contributed by atoms with van der Waals surface area (Å²) in [6.07, 6.45) is 4.79. The van der Waals surface area contributed by atoms with Crippen molar-refractivity contribution in [3.8, 4) is 0 Å². The summed E-state index contributed by atoms with van der Waals surface area (Å²) >= 11 is 0. The first kappa shape index (κ1) is 14.9. The van der Waals surface area contributed by atoms with E-state index < -0.39 is 0 Å². The Kier molecular flexibility index (Phi) is 3.93. The molecule has 1 unspecified atom stereocenters. The van der Waals surface area contributed by atoms with E-state index in [2.05, 4.69) is 37.8 Å². The Morgan fingerprint density at radius 3 is 2.78 bits per heavy atom. The molecule has 1 aliphatic heterocycles. The average molecular weight is 315 g/mol. The maximum absolute atomic E-state index is 5.43. The summed E-state index contributed by atoms with van der Waals surface area (Å²) in [5, 5.41) is 8.79. The number of nitrogens with zero attached hydrogens (tertiary/aromatic N) is 5. The second-order valence-corrected chi connectivity index (χ2v) is 7.06. The van der Waals surface area contributed by atoms with Gasteiger partial charge in [0.1, 0.15) is 0 Å². The molecule has 0 bridgehead atoms. The van der Waals surface area contributed by atoms with Crippen LogP contribution in [0.3, 0.4) is 0 Å². The molecule has 0 amide bonds. The molecule has 124 valence electrons. The minimum absolute atomic E-state index is 0.417. The monoisotopic (exact) mass is 315 g/mol. The molecule has 1 saturated carbocycles. The molecule has 0 N–H and O–H groups in total. The van der Waals surface area contributed by atoms with Gasteiger partial charge in [-0.1, -0.05) is 5.16 Å². The maximum atomic E-state index is 5.43. The average Bonchev–Trinajstić information content (AvgIpc) is 3.18. The Morgan fingerprint density at radius 1 is 1.17 bits per heavy atom. The molecule has 3 heterocycles. The Hall–Kier alpha value is -1.69. The van der Waals surface area contributed by atoms with Gasteiger partial charge in [-0.15, -0.1) is 0 Å². The van der Waals surface area contributed by atoms with E-state index in [0.29, 0.717) is 11.8 Å². The van der Waals surface area contributed by atoms with Crippen LogP contribution in [0.2, 0.25) is 0 Å². The van der Waals surface area contributed by atoms with Crippen LogP contribution in [0.5, 0.6) is 0 Å². The number of rotatable bonds is 5. The van der Waals surface area contributed by atoms with Gasteiger partial charge in [-0.05, 0) is 52.1 Å². The van der Waals surface area contributed by atoms with E-state index in [-0.39, 0.29) is 0 Å². The van der Waals surface area contributed by atoms with Crippen molar-refractivity contribution in [2.45, 2.75) is 57.9 Å². The van der Waals surface area contributed by atoms with Crippen molar-refractivity contribution < 1.29 is 4.52 Å². The number of aromatic nitrogens is 4. The van der Waals surface area contributed by atoms with Crippen LogP contribution in [0, 0.1) is 13.8 Å². The van der Waals surface area contributed by atoms with Crippen molar-refractivity contribution in [2.24, 2.45) is 0 Å². The van der Waals surface area contributed by atoms with Crippen molar-refractivity contribution in [3.05, 3.63) is 29.2 Å². The molecule has 1 aliphatic carbocycles. The third-order valence-corrected chi connectivity index (χ3v) is 4.99. The molecule has 1 saturated heterocycles. The number of likely N-dealkylation sites (tertiary alicyclic amines) is 1. The molecule has 2 aromatic heterocycles. The van der Waals surface area contributed by atoms with Gasteiger partial charge < -0.3 is 9.42 Å². The lowest BCUT2D eigenvalue weighted by Crippen LogP contribution is -2.37. The first-order valence-corrected chi connectivity index (χ1v) is 8.76. The standard InChI is InChI=1S/C17H25N5O/c1-12-10-13(2)22(19-12)9-8-21-7-3-4-15(11-21)16-18-17(23-20-16)14-5-6-14/h10,14-15H,3-9,11H2,1-2H3. The van der Waals surface area contributed by atoms with E-state index in [9.17, 15) is 0 Å². The summed E-state index contributed by atoms with van der Waals surface area (Å²) in [5.41, 5.74) is 2.33. The lowest BCUT2D eigenvalue weighted by molar-refractivity contribution is 0.193. The minimum Gasteiger partial charge on any atom is -0.339 e. The molecule has 6 heteroatoms. The van der Waals surface area contributed by atoms with Crippen molar-refractivity contribution in [2.75, 3.05) is 19.6 Å². The molecule has 0 aromatic carbocycles. The second-order valence-electron chi connectivity index (χ2n) is 7.06. The fourth-order valence-electron chi connectivity index (χ4n) is 3.52. The topological polar surface area (TPSA) is 60.0 Å². The summed E-state index contributed by atoms with van der Waals surface area (Å²) in [4.78, 5) is 7.16. The van der Waals surface area contributed by atoms with Gasteiger partial charge in [-0.2, -0.15) is 10.1 Å². The summed E-state index contributed by atoms with van der Waals surface area (Å²) in [6.45, 7) is 8.34. The molecule has 1 atom stereocenters. The fourth-order valence-corrected chi connectivity index (χ4v) is 3.52. The first-order chi connectivity index (χ1) is 11.2. The van der Waals surface area contributed by atoms with Gasteiger partial charge in [-0.25, -0.2) is 0 Å². The molecule has 2 fully saturated rings. The number of aryl methyl sites for hydroxylation is 2. The molecule has 4 rings (SSSR count). The Bertz CT molecular complexity index is 672. The van der Waals surface area contributed by atoms with Crippen LogP contribution in [-0.4, -0.2) is 44.5 Å². The molecular formula is C17H25N5O.